The zero-order valence-electron chi connectivity index (χ0n) is 10.3. The Morgan fingerprint density at radius 3 is 2.42 bits per heavy atom. The second-order valence-corrected chi connectivity index (χ2v) is 4.71. The van der Waals surface area contributed by atoms with Gasteiger partial charge in [-0.1, -0.05) is 29.3 Å². The summed E-state index contributed by atoms with van der Waals surface area (Å²) >= 11 is 12.1. The van der Waals surface area contributed by atoms with Crippen molar-refractivity contribution in [3.63, 3.8) is 0 Å². The van der Waals surface area contributed by atoms with Crippen LogP contribution in [0.25, 0.3) is 0 Å². The third-order valence-corrected chi connectivity index (χ3v) is 3.36. The molecule has 0 aliphatic rings. The average molecular weight is 298 g/mol. The summed E-state index contributed by atoms with van der Waals surface area (Å²) in [5.41, 5.74) is 7.10. The van der Waals surface area contributed by atoms with Crippen LogP contribution in [0.15, 0.2) is 36.4 Å². The molecule has 0 heterocycles. The van der Waals surface area contributed by atoms with Gasteiger partial charge in [-0.2, -0.15) is 0 Å². The van der Waals surface area contributed by atoms with Crippen molar-refractivity contribution in [1.29, 1.82) is 0 Å². The molecule has 3 nitrogen and oxygen atoms in total. The molecule has 0 saturated heterocycles. The van der Waals surface area contributed by atoms with E-state index in [0.29, 0.717) is 27.2 Å². The van der Waals surface area contributed by atoms with Crippen LogP contribution in [0.5, 0.6) is 11.5 Å². The van der Waals surface area contributed by atoms with Gasteiger partial charge in [0.15, 0.2) is 0 Å². The minimum atomic E-state index is 0.246. The van der Waals surface area contributed by atoms with Gasteiger partial charge in [0.2, 0.25) is 0 Å². The van der Waals surface area contributed by atoms with Crippen LogP contribution in [0.2, 0.25) is 10.0 Å². The summed E-state index contributed by atoms with van der Waals surface area (Å²) in [6, 6.07) is 10.5. The summed E-state index contributed by atoms with van der Waals surface area (Å²) in [6.07, 6.45) is 0. The second-order valence-electron chi connectivity index (χ2n) is 3.89. The van der Waals surface area contributed by atoms with E-state index < -0.39 is 0 Å². The molecule has 0 spiro atoms. The summed E-state index contributed by atoms with van der Waals surface area (Å²) in [7, 11) is 1.58. The first kappa shape index (κ1) is 13.8. The van der Waals surface area contributed by atoms with Gasteiger partial charge in [-0.25, -0.2) is 0 Å². The smallest absolute Gasteiger partial charge is 0.146 e. The van der Waals surface area contributed by atoms with Gasteiger partial charge in [0.05, 0.1) is 12.8 Å². The van der Waals surface area contributed by atoms with Crippen molar-refractivity contribution in [3.8, 4) is 11.5 Å². The number of ether oxygens (including phenoxy) is 2. The minimum absolute atomic E-state index is 0.246. The van der Waals surface area contributed by atoms with Crippen LogP contribution < -0.4 is 15.2 Å². The van der Waals surface area contributed by atoms with Crippen molar-refractivity contribution in [2.24, 2.45) is 0 Å². The van der Waals surface area contributed by atoms with Crippen molar-refractivity contribution >= 4 is 28.9 Å². The molecule has 0 unspecified atom stereocenters. The van der Waals surface area contributed by atoms with Crippen LogP contribution in [-0.2, 0) is 6.61 Å². The van der Waals surface area contributed by atoms with E-state index in [9.17, 15) is 0 Å². The van der Waals surface area contributed by atoms with Gasteiger partial charge in [0.25, 0.3) is 0 Å². The maximum absolute atomic E-state index is 6.07. The number of nitrogen functional groups attached to an aromatic ring is 1. The van der Waals surface area contributed by atoms with Crippen LogP contribution in [0.1, 0.15) is 5.56 Å². The van der Waals surface area contributed by atoms with E-state index in [1.54, 1.807) is 43.5 Å². The van der Waals surface area contributed by atoms with Gasteiger partial charge in [-0.15, -0.1) is 0 Å². The zero-order valence-corrected chi connectivity index (χ0v) is 11.8. The minimum Gasteiger partial charge on any atom is -0.497 e. The number of halogens is 2. The van der Waals surface area contributed by atoms with Crippen LogP contribution >= 0.6 is 23.2 Å². The van der Waals surface area contributed by atoms with Crippen molar-refractivity contribution in [2.45, 2.75) is 6.61 Å². The fourth-order valence-corrected chi connectivity index (χ4v) is 2.09. The molecule has 0 aromatic heterocycles. The Kier molecular flexibility index (Phi) is 4.40. The predicted molar refractivity (Wildman–Crippen MR) is 78.2 cm³/mol. The number of hydrogen-bond acceptors (Lipinski definition) is 3. The number of methoxy groups -OCH3 is 1. The molecule has 0 aliphatic heterocycles. The lowest BCUT2D eigenvalue weighted by Gasteiger charge is -2.12. The molecule has 0 aliphatic carbocycles. The fourth-order valence-electron chi connectivity index (χ4n) is 1.59. The van der Waals surface area contributed by atoms with E-state index in [-0.39, 0.29) is 6.61 Å². The van der Waals surface area contributed by atoms with Crippen molar-refractivity contribution in [3.05, 3.63) is 52.0 Å². The average Bonchev–Trinajstić information content (AvgIpc) is 2.40. The van der Waals surface area contributed by atoms with Gasteiger partial charge in [-0.05, 0) is 24.3 Å². The van der Waals surface area contributed by atoms with Gasteiger partial charge in [-0.3, -0.25) is 0 Å². The Morgan fingerprint density at radius 1 is 1.11 bits per heavy atom. The maximum atomic E-state index is 6.07. The highest BCUT2D eigenvalue weighted by Gasteiger charge is 2.08. The Bertz CT molecular complexity index is 567. The normalized spacial score (nSPS) is 10.3. The van der Waals surface area contributed by atoms with E-state index in [4.69, 9.17) is 38.4 Å². The van der Waals surface area contributed by atoms with Crippen LogP contribution in [-0.4, -0.2) is 7.11 Å². The van der Waals surface area contributed by atoms with E-state index >= 15 is 0 Å². The molecule has 0 radical (unpaired) electrons. The molecule has 100 valence electrons. The zero-order chi connectivity index (χ0) is 13.8. The molecule has 0 amide bonds. The van der Waals surface area contributed by atoms with Crippen molar-refractivity contribution in [2.75, 3.05) is 12.8 Å². The van der Waals surface area contributed by atoms with Gasteiger partial charge < -0.3 is 15.2 Å². The lowest BCUT2D eigenvalue weighted by Crippen LogP contribution is -2.00. The molecular weight excluding hydrogens is 285 g/mol. The third kappa shape index (κ3) is 3.25. The highest BCUT2D eigenvalue weighted by molar-refractivity contribution is 6.35. The number of benzene rings is 2. The first-order valence-electron chi connectivity index (χ1n) is 5.61. The molecular formula is C14H13Cl2NO2. The SMILES string of the molecule is COc1ccc(N)c(OCc2c(Cl)cccc2Cl)c1. The summed E-state index contributed by atoms with van der Waals surface area (Å²) in [6.45, 7) is 0.246. The van der Waals surface area contributed by atoms with E-state index in [1.165, 1.54) is 0 Å². The number of hydrogen-bond donors (Lipinski definition) is 1. The summed E-state index contributed by atoms with van der Waals surface area (Å²) in [4.78, 5) is 0. The Labute approximate surface area is 121 Å². The molecule has 19 heavy (non-hydrogen) atoms. The lowest BCUT2D eigenvalue weighted by molar-refractivity contribution is 0.305. The molecule has 2 aromatic carbocycles. The third-order valence-electron chi connectivity index (χ3n) is 2.65. The van der Waals surface area contributed by atoms with Gasteiger partial charge in [0, 0.05) is 21.7 Å². The highest BCUT2D eigenvalue weighted by atomic mass is 35.5. The lowest BCUT2D eigenvalue weighted by atomic mass is 10.2. The molecule has 0 saturated carbocycles. The van der Waals surface area contributed by atoms with Crippen molar-refractivity contribution < 1.29 is 9.47 Å². The molecule has 2 rings (SSSR count). The molecule has 2 N–H and O–H groups in total. The Balaban J connectivity index is 2.19. The van der Waals surface area contributed by atoms with E-state index in [2.05, 4.69) is 0 Å². The molecule has 0 bridgehead atoms. The first-order valence-corrected chi connectivity index (χ1v) is 6.36. The number of anilines is 1. The van der Waals surface area contributed by atoms with E-state index in [1.807, 2.05) is 0 Å². The number of rotatable bonds is 4. The largest absolute Gasteiger partial charge is 0.497 e. The quantitative estimate of drug-likeness (QED) is 0.862. The molecule has 5 heteroatoms. The Hall–Kier alpha value is -1.58. The molecule has 2 aromatic rings. The fraction of sp³-hybridized carbons (Fsp3) is 0.143. The summed E-state index contributed by atoms with van der Waals surface area (Å²) in [5.74, 6) is 1.21. The monoisotopic (exact) mass is 297 g/mol. The van der Waals surface area contributed by atoms with Crippen LogP contribution in [0.3, 0.4) is 0 Å². The summed E-state index contributed by atoms with van der Waals surface area (Å²) < 4.78 is 10.8. The number of nitrogens with two attached hydrogens (primary N) is 1. The van der Waals surface area contributed by atoms with Gasteiger partial charge >= 0.3 is 0 Å². The van der Waals surface area contributed by atoms with Crippen LogP contribution in [0.4, 0.5) is 5.69 Å². The topological polar surface area (TPSA) is 44.5 Å². The van der Waals surface area contributed by atoms with Gasteiger partial charge in [0.1, 0.15) is 18.1 Å². The van der Waals surface area contributed by atoms with E-state index in [0.717, 1.165) is 5.56 Å². The van der Waals surface area contributed by atoms with Crippen molar-refractivity contribution in [1.82, 2.24) is 0 Å². The summed E-state index contributed by atoms with van der Waals surface area (Å²) in [5, 5.41) is 1.13. The maximum Gasteiger partial charge on any atom is 0.146 e. The standard InChI is InChI=1S/C14H13Cl2NO2/c1-18-9-5-6-13(17)14(7-9)19-8-10-11(15)3-2-4-12(10)16/h2-7H,8,17H2,1H3. The predicted octanol–water partition coefficient (Wildman–Crippen LogP) is 4.16. The van der Waals surface area contributed by atoms with Crippen LogP contribution in [0, 0.1) is 0 Å². The Morgan fingerprint density at radius 2 is 1.79 bits per heavy atom. The highest BCUT2D eigenvalue weighted by Crippen LogP contribution is 2.30. The first-order chi connectivity index (χ1) is 9.11. The molecule has 0 fully saturated rings. The second kappa shape index (κ2) is 6.04. The molecule has 0 atom stereocenters.